The Bertz CT molecular complexity index is 1210. The zero-order chi connectivity index (χ0) is 30.8. The molecule has 1 amide bonds. The van der Waals surface area contributed by atoms with Gasteiger partial charge in [-0.2, -0.15) is 0 Å². The molecule has 9 nitrogen and oxygen atoms in total. The maximum atomic E-state index is 13.0. The number of phenolic OH excluding ortho intramolecular Hbond substituents is 1. The second-order valence-electron chi connectivity index (χ2n) is 12.4. The van der Waals surface area contributed by atoms with Crippen molar-refractivity contribution in [3.63, 3.8) is 0 Å². The van der Waals surface area contributed by atoms with Crippen LogP contribution in [0.4, 0.5) is 5.82 Å². The lowest BCUT2D eigenvalue weighted by atomic mass is 9.98. The van der Waals surface area contributed by atoms with E-state index >= 15 is 0 Å². The number of benzene rings is 1. The van der Waals surface area contributed by atoms with Crippen LogP contribution in [0.1, 0.15) is 101 Å². The lowest BCUT2D eigenvalue weighted by Crippen LogP contribution is -2.25. The first kappa shape index (κ1) is 32.6. The molecule has 2 aromatic rings. The van der Waals surface area contributed by atoms with Crippen molar-refractivity contribution in [3.05, 3.63) is 47.2 Å². The maximum absolute atomic E-state index is 13.0. The van der Waals surface area contributed by atoms with Crippen molar-refractivity contribution in [2.45, 2.75) is 122 Å². The predicted molar refractivity (Wildman–Crippen MR) is 166 cm³/mol. The molecule has 4 N–H and O–H groups in total. The Kier molecular flexibility index (Phi) is 12.1. The lowest BCUT2D eigenvalue weighted by Gasteiger charge is -2.23. The van der Waals surface area contributed by atoms with Gasteiger partial charge in [0.15, 0.2) is 11.5 Å². The van der Waals surface area contributed by atoms with Gasteiger partial charge in [-0.25, -0.2) is 4.98 Å². The summed E-state index contributed by atoms with van der Waals surface area (Å²) in [7, 11) is 0. The highest BCUT2D eigenvalue weighted by Crippen LogP contribution is 2.37. The number of unbranched alkanes of at least 4 members (excludes halogenated alkanes) is 2. The van der Waals surface area contributed by atoms with Crippen LogP contribution in [0.15, 0.2) is 30.5 Å². The third kappa shape index (κ3) is 10.1. The summed E-state index contributed by atoms with van der Waals surface area (Å²) in [5.41, 5.74) is 8.49. The first-order chi connectivity index (χ1) is 20.7. The highest BCUT2D eigenvalue weighted by Gasteiger charge is 2.31. The van der Waals surface area contributed by atoms with Gasteiger partial charge in [-0.15, -0.1) is 0 Å². The summed E-state index contributed by atoms with van der Waals surface area (Å²) in [5, 5.41) is 21.8. The Morgan fingerprint density at radius 3 is 2.67 bits per heavy atom. The van der Waals surface area contributed by atoms with Crippen molar-refractivity contribution >= 4 is 17.7 Å². The van der Waals surface area contributed by atoms with E-state index in [1.807, 2.05) is 29.2 Å². The normalized spacial score (nSPS) is 18.6. The molecule has 43 heavy (non-hydrogen) atoms. The molecule has 0 radical (unpaired) electrons. The highest BCUT2D eigenvalue weighted by molar-refractivity contribution is 5.78. The first-order valence-electron chi connectivity index (χ1n) is 16.0. The number of carbonyl (C=O) groups excluding carboxylic acids is 2. The second kappa shape index (κ2) is 15.9. The Balaban J connectivity index is 1.47. The molecule has 2 aliphatic rings. The fourth-order valence-electron chi connectivity index (χ4n) is 6.41. The van der Waals surface area contributed by atoms with Gasteiger partial charge in [0.25, 0.3) is 0 Å². The number of carbonyl (C=O) groups is 2. The summed E-state index contributed by atoms with van der Waals surface area (Å²) < 4.78 is 11.9. The smallest absolute Gasteiger partial charge is 0.302 e. The molecule has 1 saturated carbocycles. The van der Waals surface area contributed by atoms with Gasteiger partial charge in [0.05, 0.1) is 12.2 Å². The van der Waals surface area contributed by atoms with Crippen LogP contribution in [-0.4, -0.2) is 56.8 Å². The molecule has 3 atom stereocenters. The van der Waals surface area contributed by atoms with Crippen molar-refractivity contribution in [3.8, 4) is 11.5 Å². The molecule has 9 heteroatoms. The van der Waals surface area contributed by atoms with Crippen LogP contribution in [0, 0.1) is 5.92 Å². The van der Waals surface area contributed by atoms with Gasteiger partial charge in [0, 0.05) is 44.6 Å². The van der Waals surface area contributed by atoms with Gasteiger partial charge >= 0.3 is 5.97 Å². The highest BCUT2D eigenvalue weighted by atomic mass is 16.5. The van der Waals surface area contributed by atoms with Crippen molar-refractivity contribution in [1.82, 2.24) is 9.88 Å². The zero-order valence-electron chi connectivity index (χ0n) is 25.8. The van der Waals surface area contributed by atoms with Crippen LogP contribution >= 0.6 is 0 Å². The number of aromatic nitrogens is 1. The number of rotatable bonds is 16. The molecule has 1 aromatic carbocycles. The number of esters is 1. The maximum Gasteiger partial charge on any atom is 0.302 e. The molecule has 1 aliphatic heterocycles. The Morgan fingerprint density at radius 1 is 1.16 bits per heavy atom. The van der Waals surface area contributed by atoms with Gasteiger partial charge in [-0.3, -0.25) is 9.59 Å². The van der Waals surface area contributed by atoms with Gasteiger partial charge < -0.3 is 30.3 Å². The zero-order valence-corrected chi connectivity index (χ0v) is 25.8. The summed E-state index contributed by atoms with van der Waals surface area (Å²) in [4.78, 5) is 30.7. The van der Waals surface area contributed by atoms with Crippen molar-refractivity contribution in [2.75, 3.05) is 12.3 Å². The van der Waals surface area contributed by atoms with Crippen LogP contribution in [0.3, 0.4) is 0 Å². The topological polar surface area (TPSA) is 135 Å². The number of aromatic hydroxyl groups is 1. The van der Waals surface area contributed by atoms with E-state index in [1.165, 1.54) is 6.92 Å². The SMILES string of the molecule is CCCCCC(O)CC(CCc1cc(CN2CC(Cc3ccnc(N)c3)CC2=O)c(O)c(OC2CCCC2)c1)OC(C)=O. The molecule has 4 rings (SSSR count). The fraction of sp³-hybridized carbons (Fsp3) is 0.618. The molecule has 1 aliphatic carbocycles. The van der Waals surface area contributed by atoms with E-state index in [4.69, 9.17) is 15.2 Å². The minimum Gasteiger partial charge on any atom is -0.504 e. The number of aliphatic hydroxyl groups excluding tert-OH is 1. The summed E-state index contributed by atoms with van der Waals surface area (Å²) in [6.45, 7) is 4.40. The number of amides is 1. The number of nitrogens with zero attached hydrogens (tertiary/aromatic N) is 2. The summed E-state index contributed by atoms with van der Waals surface area (Å²) in [6.07, 6.45) is 11.4. The molecule has 1 saturated heterocycles. The third-order valence-corrected chi connectivity index (χ3v) is 8.60. The van der Waals surface area contributed by atoms with Crippen LogP contribution in [0.2, 0.25) is 0 Å². The van der Waals surface area contributed by atoms with Crippen LogP contribution in [-0.2, 0) is 33.7 Å². The van der Waals surface area contributed by atoms with E-state index in [-0.39, 0.29) is 36.2 Å². The van der Waals surface area contributed by atoms with Crippen molar-refractivity contribution in [2.24, 2.45) is 5.92 Å². The van der Waals surface area contributed by atoms with E-state index in [1.54, 1.807) is 6.20 Å². The molecule has 2 fully saturated rings. The number of nitrogen functional groups attached to an aromatic ring is 1. The molecular weight excluding hydrogens is 546 g/mol. The number of ether oxygens (including phenoxy) is 2. The van der Waals surface area contributed by atoms with Gasteiger partial charge in [-0.05, 0) is 86.6 Å². The molecule has 1 aromatic heterocycles. The van der Waals surface area contributed by atoms with E-state index < -0.39 is 12.2 Å². The quantitative estimate of drug-likeness (QED) is 0.172. The predicted octanol–water partition coefficient (Wildman–Crippen LogP) is 5.48. The molecule has 2 heterocycles. The van der Waals surface area contributed by atoms with Gasteiger partial charge in [0.2, 0.25) is 5.91 Å². The average Bonchev–Trinajstić information content (AvgIpc) is 3.58. The largest absolute Gasteiger partial charge is 0.504 e. The first-order valence-corrected chi connectivity index (χ1v) is 16.0. The number of aliphatic hydroxyl groups is 1. The summed E-state index contributed by atoms with van der Waals surface area (Å²) >= 11 is 0. The fourth-order valence-corrected chi connectivity index (χ4v) is 6.41. The monoisotopic (exact) mass is 595 g/mol. The minimum absolute atomic E-state index is 0.0575. The van der Waals surface area contributed by atoms with E-state index in [0.29, 0.717) is 55.8 Å². The standard InChI is InChI=1S/C34H49N3O6/c1-3-4-5-8-28(39)20-30(42-23(2)38)12-11-24-16-27(34(41)31(17-24)43-29-9-6-7-10-29)22-37-21-26(19-33(37)40)15-25-13-14-36-32(35)18-25/h13-14,16-18,26,28-30,39,41H,3-12,15,19-22H2,1-2H3,(H2,35,36). The number of pyridine rings is 1. The van der Waals surface area contributed by atoms with Crippen molar-refractivity contribution in [1.29, 1.82) is 0 Å². The molecule has 3 unspecified atom stereocenters. The average molecular weight is 596 g/mol. The third-order valence-electron chi connectivity index (χ3n) is 8.60. The minimum atomic E-state index is -0.523. The Labute approximate surface area is 255 Å². The number of likely N-dealkylation sites (tertiary alicyclic amines) is 1. The number of nitrogens with two attached hydrogens (primary N) is 1. The number of phenols is 1. The number of aryl methyl sites for hydroxylation is 1. The van der Waals surface area contributed by atoms with E-state index in [9.17, 15) is 19.8 Å². The van der Waals surface area contributed by atoms with Crippen LogP contribution in [0.25, 0.3) is 0 Å². The number of hydrogen-bond donors (Lipinski definition) is 3. The molecule has 0 spiro atoms. The lowest BCUT2D eigenvalue weighted by molar-refractivity contribution is -0.148. The number of anilines is 1. The molecule has 0 bridgehead atoms. The van der Waals surface area contributed by atoms with E-state index in [0.717, 1.165) is 62.5 Å². The summed E-state index contributed by atoms with van der Waals surface area (Å²) in [5.74, 6) is 0.843. The summed E-state index contributed by atoms with van der Waals surface area (Å²) in [6, 6.07) is 7.59. The van der Waals surface area contributed by atoms with Crippen LogP contribution in [0.5, 0.6) is 11.5 Å². The Hall–Kier alpha value is -3.33. The molecular formula is C34H49N3O6. The van der Waals surface area contributed by atoms with Gasteiger partial charge in [0.1, 0.15) is 11.9 Å². The Morgan fingerprint density at radius 2 is 1.95 bits per heavy atom. The molecule has 236 valence electrons. The second-order valence-corrected chi connectivity index (χ2v) is 12.4. The van der Waals surface area contributed by atoms with E-state index in [2.05, 4.69) is 11.9 Å². The van der Waals surface area contributed by atoms with Gasteiger partial charge in [-0.1, -0.05) is 32.3 Å². The van der Waals surface area contributed by atoms with Crippen LogP contribution < -0.4 is 10.5 Å². The van der Waals surface area contributed by atoms with Crippen molar-refractivity contribution < 1.29 is 29.3 Å². The number of hydrogen-bond acceptors (Lipinski definition) is 8.